The Morgan fingerprint density at radius 3 is 2.43 bits per heavy atom. The Bertz CT molecular complexity index is 813. The zero-order valence-electron chi connectivity index (χ0n) is 11.9. The van der Waals surface area contributed by atoms with Gasteiger partial charge in [-0.3, -0.25) is 4.68 Å². The molecule has 0 saturated carbocycles. The number of aliphatic hydroxyl groups is 1. The first-order chi connectivity index (χ1) is 10.8. The maximum atomic E-state index is 13.6. The Morgan fingerprint density at radius 2 is 1.87 bits per heavy atom. The van der Waals surface area contributed by atoms with Gasteiger partial charge in [0.15, 0.2) is 0 Å². The molecule has 1 atom stereocenters. The maximum Gasteiger partial charge on any atom is 0.428 e. The topological polar surface area (TPSA) is 50.9 Å². The summed E-state index contributed by atoms with van der Waals surface area (Å²) in [7, 11) is 1.70. The highest BCUT2D eigenvalue weighted by Crippen LogP contribution is 2.45. The summed E-state index contributed by atoms with van der Waals surface area (Å²) in [5.74, 6) is 0. The predicted octanol–water partition coefficient (Wildman–Crippen LogP) is 3.34. The first kappa shape index (κ1) is 15.7. The number of thiazole rings is 1. The number of aromatic nitrogens is 3. The second-order valence-electron chi connectivity index (χ2n) is 5.01. The van der Waals surface area contributed by atoms with E-state index in [4.69, 9.17) is 0 Å². The van der Waals surface area contributed by atoms with E-state index in [1.54, 1.807) is 19.3 Å². The van der Waals surface area contributed by atoms with E-state index < -0.39 is 16.8 Å². The molecule has 0 aliphatic heterocycles. The Hall–Kier alpha value is -2.19. The molecule has 3 aromatic rings. The highest BCUT2D eigenvalue weighted by Gasteiger charge is 2.58. The molecule has 0 bridgehead atoms. The summed E-state index contributed by atoms with van der Waals surface area (Å²) >= 11 is 0.764. The molecule has 0 saturated heterocycles. The predicted molar refractivity (Wildman–Crippen MR) is 79.8 cm³/mol. The van der Waals surface area contributed by atoms with E-state index in [-0.39, 0.29) is 5.56 Å². The van der Waals surface area contributed by atoms with Crippen molar-refractivity contribution in [1.29, 1.82) is 0 Å². The van der Waals surface area contributed by atoms with Crippen molar-refractivity contribution < 1.29 is 18.3 Å². The Balaban J connectivity index is 2.11. The van der Waals surface area contributed by atoms with Crippen LogP contribution in [0, 0.1) is 0 Å². The molecule has 0 aliphatic rings. The van der Waals surface area contributed by atoms with Gasteiger partial charge >= 0.3 is 6.18 Å². The molecule has 8 heteroatoms. The number of hydrogen-bond donors (Lipinski definition) is 1. The standard InChI is InChI=1S/C15H12F3N3OS/c1-21-8-10(7-19-21)12-9-23-13(20-12)14(22,15(16,17)18)11-5-3-2-4-6-11/h2-9,22H,1H3. The lowest BCUT2D eigenvalue weighted by molar-refractivity contribution is -0.248. The molecular formula is C15H12F3N3OS. The van der Waals surface area contributed by atoms with Crippen LogP contribution in [0.4, 0.5) is 13.2 Å². The molecule has 1 unspecified atom stereocenters. The van der Waals surface area contributed by atoms with Gasteiger partial charge in [-0.2, -0.15) is 18.3 Å². The third kappa shape index (κ3) is 2.64. The average Bonchev–Trinajstić information content (AvgIpc) is 3.15. The van der Waals surface area contributed by atoms with Crippen molar-refractivity contribution in [3.63, 3.8) is 0 Å². The van der Waals surface area contributed by atoms with Crippen LogP contribution < -0.4 is 0 Å². The van der Waals surface area contributed by atoms with Crippen molar-refractivity contribution in [3.8, 4) is 11.3 Å². The molecular weight excluding hydrogens is 327 g/mol. The van der Waals surface area contributed by atoms with Gasteiger partial charge in [0.25, 0.3) is 0 Å². The summed E-state index contributed by atoms with van der Waals surface area (Å²) in [6.07, 6.45) is -1.74. The normalized spacial score (nSPS) is 14.7. The zero-order valence-corrected chi connectivity index (χ0v) is 12.8. The van der Waals surface area contributed by atoms with Crippen LogP contribution >= 0.6 is 11.3 Å². The van der Waals surface area contributed by atoms with Gasteiger partial charge in [-0.25, -0.2) is 4.98 Å². The molecule has 23 heavy (non-hydrogen) atoms. The van der Waals surface area contributed by atoms with Crippen molar-refractivity contribution in [2.24, 2.45) is 7.05 Å². The number of aryl methyl sites for hydroxylation is 1. The van der Waals surface area contributed by atoms with Gasteiger partial charge in [-0.15, -0.1) is 11.3 Å². The molecule has 1 aromatic carbocycles. The van der Waals surface area contributed by atoms with Crippen LogP contribution in [0.5, 0.6) is 0 Å². The van der Waals surface area contributed by atoms with Crippen LogP contribution in [0.2, 0.25) is 0 Å². The van der Waals surface area contributed by atoms with E-state index in [0.717, 1.165) is 11.3 Å². The van der Waals surface area contributed by atoms with Crippen LogP contribution in [-0.2, 0) is 12.6 Å². The van der Waals surface area contributed by atoms with Crippen LogP contribution in [0.25, 0.3) is 11.3 Å². The minimum Gasteiger partial charge on any atom is -0.370 e. The fraction of sp³-hybridized carbons (Fsp3) is 0.200. The van der Waals surface area contributed by atoms with Crippen LogP contribution in [0.3, 0.4) is 0 Å². The van der Waals surface area contributed by atoms with Crippen molar-refractivity contribution >= 4 is 11.3 Å². The van der Waals surface area contributed by atoms with Crippen LogP contribution in [-0.4, -0.2) is 26.0 Å². The van der Waals surface area contributed by atoms with E-state index in [1.165, 1.54) is 40.5 Å². The van der Waals surface area contributed by atoms with Crippen molar-refractivity contribution in [3.05, 3.63) is 58.7 Å². The number of hydrogen-bond acceptors (Lipinski definition) is 4. The van der Waals surface area contributed by atoms with E-state index in [2.05, 4.69) is 10.1 Å². The summed E-state index contributed by atoms with van der Waals surface area (Å²) in [5.41, 5.74) is -2.47. The molecule has 0 radical (unpaired) electrons. The number of alkyl halides is 3. The van der Waals surface area contributed by atoms with Crippen molar-refractivity contribution in [2.45, 2.75) is 11.8 Å². The lowest BCUT2D eigenvalue weighted by Crippen LogP contribution is -2.43. The fourth-order valence-electron chi connectivity index (χ4n) is 2.21. The summed E-state index contributed by atoms with van der Waals surface area (Å²) < 4.78 is 42.3. The van der Waals surface area contributed by atoms with Gasteiger partial charge in [0.05, 0.1) is 11.9 Å². The van der Waals surface area contributed by atoms with E-state index >= 15 is 0 Å². The number of benzene rings is 1. The zero-order chi connectivity index (χ0) is 16.7. The smallest absolute Gasteiger partial charge is 0.370 e. The molecule has 120 valence electrons. The van der Waals surface area contributed by atoms with E-state index in [0.29, 0.717) is 11.3 Å². The summed E-state index contributed by atoms with van der Waals surface area (Å²) in [6.45, 7) is 0. The first-order valence-electron chi connectivity index (χ1n) is 6.62. The second-order valence-corrected chi connectivity index (χ2v) is 5.87. The first-order valence-corrected chi connectivity index (χ1v) is 7.50. The van der Waals surface area contributed by atoms with Gasteiger partial charge in [-0.1, -0.05) is 30.3 Å². The molecule has 3 rings (SSSR count). The highest BCUT2D eigenvalue weighted by molar-refractivity contribution is 7.10. The molecule has 1 N–H and O–H groups in total. The molecule has 0 amide bonds. The van der Waals surface area contributed by atoms with Crippen molar-refractivity contribution in [1.82, 2.24) is 14.8 Å². The van der Waals surface area contributed by atoms with Gasteiger partial charge in [-0.05, 0) is 5.56 Å². The Kier molecular flexibility index (Phi) is 3.73. The largest absolute Gasteiger partial charge is 0.428 e. The molecule has 0 aliphatic carbocycles. The van der Waals surface area contributed by atoms with Gasteiger partial charge in [0.1, 0.15) is 5.01 Å². The Labute approximate surface area is 133 Å². The van der Waals surface area contributed by atoms with Crippen molar-refractivity contribution in [2.75, 3.05) is 0 Å². The van der Waals surface area contributed by atoms with Crippen LogP contribution in [0.15, 0.2) is 48.1 Å². The summed E-state index contributed by atoms with van der Waals surface area (Å²) in [6, 6.07) is 6.95. The Morgan fingerprint density at radius 1 is 1.17 bits per heavy atom. The quantitative estimate of drug-likeness (QED) is 0.796. The van der Waals surface area contributed by atoms with E-state index in [9.17, 15) is 18.3 Å². The molecule has 0 spiro atoms. The molecule has 0 fully saturated rings. The number of nitrogens with zero attached hydrogens (tertiary/aromatic N) is 3. The monoisotopic (exact) mass is 339 g/mol. The van der Waals surface area contributed by atoms with Gasteiger partial charge in [0.2, 0.25) is 5.60 Å². The maximum absolute atomic E-state index is 13.6. The number of rotatable bonds is 3. The SMILES string of the molecule is Cn1cc(-c2csc(C(O)(c3ccccc3)C(F)(F)F)n2)cn1. The summed E-state index contributed by atoms with van der Waals surface area (Å²) in [4.78, 5) is 4.00. The minimum atomic E-state index is -4.89. The minimum absolute atomic E-state index is 0.264. The van der Waals surface area contributed by atoms with Crippen LogP contribution in [0.1, 0.15) is 10.6 Å². The highest BCUT2D eigenvalue weighted by atomic mass is 32.1. The summed E-state index contributed by atoms with van der Waals surface area (Å²) in [5, 5.41) is 15.5. The van der Waals surface area contributed by atoms with Gasteiger partial charge in [0, 0.05) is 24.2 Å². The third-order valence-corrected chi connectivity index (χ3v) is 4.37. The lowest BCUT2D eigenvalue weighted by atomic mass is 9.94. The molecule has 2 heterocycles. The lowest BCUT2D eigenvalue weighted by Gasteiger charge is -2.28. The second kappa shape index (κ2) is 5.47. The number of halogens is 3. The molecule has 4 nitrogen and oxygen atoms in total. The fourth-order valence-corrected chi connectivity index (χ4v) is 3.18. The third-order valence-electron chi connectivity index (χ3n) is 3.42. The average molecular weight is 339 g/mol. The molecule has 2 aromatic heterocycles. The van der Waals surface area contributed by atoms with Gasteiger partial charge < -0.3 is 5.11 Å². The van der Waals surface area contributed by atoms with E-state index in [1.807, 2.05) is 0 Å².